The van der Waals surface area contributed by atoms with E-state index in [1.807, 2.05) is 12.4 Å². The summed E-state index contributed by atoms with van der Waals surface area (Å²) >= 11 is 0. The minimum Gasteiger partial charge on any atom is -0.306 e. The summed E-state index contributed by atoms with van der Waals surface area (Å²) in [6.45, 7) is 9.78. The molecule has 0 aliphatic carbocycles. The summed E-state index contributed by atoms with van der Waals surface area (Å²) in [6, 6.07) is 9.13. The van der Waals surface area contributed by atoms with Gasteiger partial charge in [-0.15, -0.1) is 0 Å². The summed E-state index contributed by atoms with van der Waals surface area (Å²) in [4.78, 5) is 4.28. The molecule has 2 heteroatoms. The maximum atomic E-state index is 4.28. The van der Waals surface area contributed by atoms with Crippen LogP contribution in [0.3, 0.4) is 0 Å². The SMILES string of the molecule is CCCNC(c1cc(C)ccc1C)c1ccncc1CC. The molecule has 0 fully saturated rings. The van der Waals surface area contributed by atoms with E-state index in [1.54, 1.807) is 0 Å². The van der Waals surface area contributed by atoms with Gasteiger partial charge in [-0.3, -0.25) is 4.98 Å². The number of nitrogens with zero attached hydrogens (tertiary/aromatic N) is 1. The number of nitrogens with one attached hydrogen (secondary N) is 1. The van der Waals surface area contributed by atoms with Gasteiger partial charge in [0.05, 0.1) is 6.04 Å². The molecule has 0 bridgehead atoms. The molecule has 2 nitrogen and oxygen atoms in total. The van der Waals surface area contributed by atoms with Crippen molar-refractivity contribution in [1.82, 2.24) is 10.3 Å². The third-order valence-electron chi connectivity index (χ3n) is 3.98. The number of pyridine rings is 1. The maximum Gasteiger partial charge on any atom is 0.0583 e. The Kier molecular flexibility index (Phi) is 5.51. The second kappa shape index (κ2) is 7.37. The first-order valence-electron chi connectivity index (χ1n) is 7.90. The van der Waals surface area contributed by atoms with Gasteiger partial charge in [-0.25, -0.2) is 0 Å². The van der Waals surface area contributed by atoms with E-state index in [-0.39, 0.29) is 6.04 Å². The molecule has 0 amide bonds. The molecular weight excluding hydrogens is 256 g/mol. The maximum absolute atomic E-state index is 4.28. The molecule has 1 aromatic heterocycles. The van der Waals surface area contributed by atoms with Crippen molar-refractivity contribution in [3.8, 4) is 0 Å². The summed E-state index contributed by atoms with van der Waals surface area (Å²) in [5.74, 6) is 0. The van der Waals surface area contributed by atoms with Crippen molar-refractivity contribution in [2.24, 2.45) is 0 Å². The van der Waals surface area contributed by atoms with Gasteiger partial charge in [0.15, 0.2) is 0 Å². The molecule has 1 atom stereocenters. The van der Waals surface area contributed by atoms with Crippen LogP contribution in [-0.4, -0.2) is 11.5 Å². The van der Waals surface area contributed by atoms with Crippen molar-refractivity contribution in [2.75, 3.05) is 6.54 Å². The fraction of sp³-hybridized carbons (Fsp3) is 0.421. The van der Waals surface area contributed by atoms with Crippen LogP contribution >= 0.6 is 0 Å². The highest BCUT2D eigenvalue weighted by molar-refractivity contribution is 5.41. The van der Waals surface area contributed by atoms with E-state index in [2.05, 4.69) is 62.3 Å². The monoisotopic (exact) mass is 282 g/mol. The first-order valence-corrected chi connectivity index (χ1v) is 7.90. The van der Waals surface area contributed by atoms with E-state index in [9.17, 15) is 0 Å². The zero-order valence-corrected chi connectivity index (χ0v) is 13.6. The number of aryl methyl sites for hydroxylation is 3. The topological polar surface area (TPSA) is 24.9 Å². The molecule has 1 aromatic carbocycles. The van der Waals surface area contributed by atoms with Gasteiger partial charge >= 0.3 is 0 Å². The van der Waals surface area contributed by atoms with Gasteiger partial charge in [0.25, 0.3) is 0 Å². The van der Waals surface area contributed by atoms with Crippen molar-refractivity contribution in [3.63, 3.8) is 0 Å². The number of aromatic nitrogens is 1. The van der Waals surface area contributed by atoms with Crippen LogP contribution in [0.5, 0.6) is 0 Å². The minimum atomic E-state index is 0.253. The highest BCUT2D eigenvalue weighted by Crippen LogP contribution is 2.28. The summed E-state index contributed by atoms with van der Waals surface area (Å²) in [7, 11) is 0. The lowest BCUT2D eigenvalue weighted by atomic mass is 9.91. The summed E-state index contributed by atoms with van der Waals surface area (Å²) < 4.78 is 0. The van der Waals surface area contributed by atoms with Gasteiger partial charge in [-0.05, 0) is 61.6 Å². The van der Waals surface area contributed by atoms with Gasteiger partial charge in [-0.1, -0.05) is 37.6 Å². The molecule has 1 N–H and O–H groups in total. The minimum absolute atomic E-state index is 0.253. The second-order valence-electron chi connectivity index (χ2n) is 5.68. The predicted octanol–water partition coefficient (Wildman–Crippen LogP) is 4.35. The van der Waals surface area contributed by atoms with Gasteiger partial charge < -0.3 is 5.32 Å². The number of hydrogen-bond acceptors (Lipinski definition) is 2. The van der Waals surface area contributed by atoms with E-state index in [1.165, 1.54) is 27.8 Å². The Balaban J connectivity index is 2.49. The highest BCUT2D eigenvalue weighted by atomic mass is 14.9. The molecule has 0 aliphatic rings. The molecule has 21 heavy (non-hydrogen) atoms. The Hall–Kier alpha value is -1.67. The molecule has 112 valence electrons. The van der Waals surface area contributed by atoms with Crippen molar-refractivity contribution in [2.45, 2.75) is 46.6 Å². The Morgan fingerprint density at radius 2 is 1.90 bits per heavy atom. The number of benzene rings is 1. The van der Waals surface area contributed by atoms with Gasteiger partial charge in [0.2, 0.25) is 0 Å². The number of hydrogen-bond donors (Lipinski definition) is 1. The molecule has 0 saturated heterocycles. The van der Waals surface area contributed by atoms with E-state index < -0.39 is 0 Å². The molecule has 0 radical (unpaired) electrons. The third kappa shape index (κ3) is 3.70. The van der Waals surface area contributed by atoms with Crippen molar-refractivity contribution in [1.29, 1.82) is 0 Å². The van der Waals surface area contributed by atoms with E-state index in [0.717, 1.165) is 19.4 Å². The molecule has 1 unspecified atom stereocenters. The average molecular weight is 282 g/mol. The van der Waals surface area contributed by atoms with Crippen LogP contribution in [-0.2, 0) is 6.42 Å². The first kappa shape index (κ1) is 15.7. The normalized spacial score (nSPS) is 12.4. The van der Waals surface area contributed by atoms with Crippen LogP contribution in [0.15, 0.2) is 36.7 Å². The Morgan fingerprint density at radius 1 is 1.10 bits per heavy atom. The molecule has 0 saturated carbocycles. The lowest BCUT2D eigenvalue weighted by Crippen LogP contribution is -2.25. The first-order chi connectivity index (χ1) is 10.2. The smallest absolute Gasteiger partial charge is 0.0583 e. The van der Waals surface area contributed by atoms with E-state index in [0.29, 0.717) is 0 Å². The van der Waals surface area contributed by atoms with Gasteiger partial charge in [-0.2, -0.15) is 0 Å². The fourth-order valence-electron chi connectivity index (χ4n) is 2.76. The fourth-order valence-corrected chi connectivity index (χ4v) is 2.76. The zero-order chi connectivity index (χ0) is 15.2. The van der Waals surface area contributed by atoms with Gasteiger partial charge in [0.1, 0.15) is 0 Å². The molecule has 2 rings (SSSR count). The molecular formula is C19H26N2. The standard InChI is InChI=1S/C19H26N2/c1-5-10-21-19(17-9-11-20-13-16(17)6-2)18-12-14(3)7-8-15(18)4/h7-9,11-13,19,21H,5-6,10H2,1-4H3. The van der Waals surface area contributed by atoms with Crippen molar-refractivity contribution >= 4 is 0 Å². The quantitative estimate of drug-likeness (QED) is 0.852. The highest BCUT2D eigenvalue weighted by Gasteiger charge is 2.18. The lowest BCUT2D eigenvalue weighted by molar-refractivity contribution is 0.591. The largest absolute Gasteiger partial charge is 0.306 e. The van der Waals surface area contributed by atoms with Crippen LogP contribution < -0.4 is 5.32 Å². The predicted molar refractivity (Wildman–Crippen MR) is 89.7 cm³/mol. The van der Waals surface area contributed by atoms with Crippen LogP contribution in [0.1, 0.15) is 54.1 Å². The van der Waals surface area contributed by atoms with E-state index >= 15 is 0 Å². The van der Waals surface area contributed by atoms with Crippen LogP contribution in [0.4, 0.5) is 0 Å². The van der Waals surface area contributed by atoms with E-state index in [4.69, 9.17) is 0 Å². The van der Waals surface area contributed by atoms with Crippen molar-refractivity contribution in [3.05, 3.63) is 64.5 Å². The summed E-state index contributed by atoms with van der Waals surface area (Å²) in [5, 5.41) is 3.72. The summed E-state index contributed by atoms with van der Waals surface area (Å²) in [5.41, 5.74) is 6.71. The van der Waals surface area contributed by atoms with Crippen LogP contribution in [0.2, 0.25) is 0 Å². The summed E-state index contributed by atoms with van der Waals surface area (Å²) in [6.07, 6.45) is 6.05. The number of rotatable bonds is 6. The van der Waals surface area contributed by atoms with Crippen molar-refractivity contribution < 1.29 is 0 Å². The molecule has 0 aliphatic heterocycles. The molecule has 1 heterocycles. The Labute approximate surface area is 128 Å². The molecule has 2 aromatic rings. The Bertz CT molecular complexity index is 590. The molecule has 0 spiro atoms. The third-order valence-corrected chi connectivity index (χ3v) is 3.98. The van der Waals surface area contributed by atoms with Gasteiger partial charge in [0, 0.05) is 12.4 Å². The average Bonchev–Trinajstić information content (AvgIpc) is 2.51. The zero-order valence-electron chi connectivity index (χ0n) is 13.6. The second-order valence-corrected chi connectivity index (χ2v) is 5.68. The Morgan fingerprint density at radius 3 is 2.62 bits per heavy atom. The van der Waals surface area contributed by atoms with Crippen LogP contribution in [0, 0.1) is 13.8 Å². The van der Waals surface area contributed by atoms with Crippen LogP contribution in [0.25, 0.3) is 0 Å². The lowest BCUT2D eigenvalue weighted by Gasteiger charge is -2.24.